The lowest BCUT2D eigenvalue weighted by atomic mass is 10.2. The van der Waals surface area contributed by atoms with Crippen molar-refractivity contribution in [2.75, 3.05) is 6.61 Å². The highest BCUT2D eigenvalue weighted by Gasteiger charge is 2.15. The maximum atomic E-state index is 11.2. The van der Waals surface area contributed by atoms with E-state index in [4.69, 9.17) is 26.2 Å². The van der Waals surface area contributed by atoms with Crippen LogP contribution in [0.25, 0.3) is 0 Å². The van der Waals surface area contributed by atoms with Crippen LogP contribution in [0.3, 0.4) is 0 Å². The maximum absolute atomic E-state index is 11.2. The lowest BCUT2D eigenvalue weighted by molar-refractivity contribution is 0.0694. The molecular formula is C14H12ClNO4. The Kier molecular flexibility index (Phi) is 4.42. The summed E-state index contributed by atoms with van der Waals surface area (Å²) in [4.78, 5) is 15.2. The van der Waals surface area contributed by atoms with E-state index in [2.05, 4.69) is 4.98 Å². The molecule has 0 unspecified atom stereocenters. The Morgan fingerprint density at radius 2 is 2.15 bits per heavy atom. The maximum Gasteiger partial charge on any atom is 0.339 e. The lowest BCUT2D eigenvalue weighted by Crippen LogP contribution is -2.02. The van der Waals surface area contributed by atoms with Gasteiger partial charge in [0.05, 0.1) is 6.61 Å². The summed E-state index contributed by atoms with van der Waals surface area (Å²) in [7, 11) is 0. The molecule has 0 aliphatic carbocycles. The first-order chi connectivity index (χ1) is 9.61. The van der Waals surface area contributed by atoms with Gasteiger partial charge in [0.15, 0.2) is 5.75 Å². The number of ether oxygens (including phenoxy) is 2. The Labute approximate surface area is 120 Å². The van der Waals surface area contributed by atoms with Crippen molar-refractivity contribution >= 4 is 17.6 Å². The van der Waals surface area contributed by atoms with Crippen molar-refractivity contribution in [3.63, 3.8) is 0 Å². The third kappa shape index (κ3) is 3.19. The van der Waals surface area contributed by atoms with Gasteiger partial charge >= 0.3 is 5.97 Å². The van der Waals surface area contributed by atoms with Crippen LogP contribution in [-0.4, -0.2) is 22.7 Å². The van der Waals surface area contributed by atoms with Crippen LogP contribution >= 0.6 is 11.6 Å². The first kappa shape index (κ1) is 14.1. The largest absolute Gasteiger partial charge is 0.488 e. The summed E-state index contributed by atoms with van der Waals surface area (Å²) < 4.78 is 10.9. The van der Waals surface area contributed by atoms with E-state index in [1.165, 1.54) is 18.3 Å². The van der Waals surface area contributed by atoms with Crippen LogP contribution in [0.5, 0.6) is 17.4 Å². The van der Waals surface area contributed by atoms with Gasteiger partial charge in [0.2, 0.25) is 0 Å². The minimum absolute atomic E-state index is 0.0365. The van der Waals surface area contributed by atoms with Gasteiger partial charge in [0.25, 0.3) is 5.88 Å². The molecule has 0 bridgehead atoms. The molecule has 0 aliphatic rings. The summed E-state index contributed by atoms with van der Waals surface area (Å²) in [6.07, 6.45) is 1.54. The Bertz CT molecular complexity index is 630. The van der Waals surface area contributed by atoms with Gasteiger partial charge in [-0.15, -0.1) is 0 Å². The van der Waals surface area contributed by atoms with Gasteiger partial charge in [-0.2, -0.15) is 0 Å². The van der Waals surface area contributed by atoms with Gasteiger partial charge in [-0.3, -0.25) is 0 Å². The van der Waals surface area contributed by atoms with Crippen LogP contribution in [0.4, 0.5) is 0 Å². The molecule has 2 rings (SSSR count). The quantitative estimate of drug-likeness (QED) is 0.911. The number of aromatic carboxylic acids is 1. The van der Waals surface area contributed by atoms with Crippen LogP contribution in [-0.2, 0) is 0 Å². The minimum atomic E-state index is -1.13. The van der Waals surface area contributed by atoms with Crippen LogP contribution in [0, 0.1) is 0 Å². The number of carboxylic acids is 1. The van der Waals surface area contributed by atoms with E-state index in [1.807, 2.05) is 6.92 Å². The Balaban J connectivity index is 2.37. The molecule has 1 aromatic heterocycles. The molecule has 6 heteroatoms. The topological polar surface area (TPSA) is 68.7 Å². The number of aromatic nitrogens is 1. The molecule has 2 aromatic rings. The van der Waals surface area contributed by atoms with Crippen LogP contribution in [0.2, 0.25) is 5.02 Å². The van der Waals surface area contributed by atoms with E-state index in [9.17, 15) is 4.79 Å². The number of halogens is 1. The summed E-state index contributed by atoms with van der Waals surface area (Å²) in [5, 5.41) is 9.47. The fourth-order valence-electron chi connectivity index (χ4n) is 1.58. The van der Waals surface area contributed by atoms with Crippen LogP contribution < -0.4 is 9.47 Å². The molecule has 5 nitrogen and oxygen atoms in total. The van der Waals surface area contributed by atoms with Crippen molar-refractivity contribution in [2.24, 2.45) is 0 Å². The normalized spacial score (nSPS) is 10.1. The minimum Gasteiger partial charge on any atom is -0.488 e. The number of hydrogen-bond donors (Lipinski definition) is 1. The molecule has 0 saturated carbocycles. The van der Waals surface area contributed by atoms with Gasteiger partial charge in [-0.1, -0.05) is 11.6 Å². The van der Waals surface area contributed by atoms with E-state index < -0.39 is 5.97 Å². The number of benzene rings is 1. The van der Waals surface area contributed by atoms with Crippen molar-refractivity contribution in [3.05, 3.63) is 47.1 Å². The van der Waals surface area contributed by atoms with Crippen LogP contribution in [0.1, 0.15) is 17.3 Å². The van der Waals surface area contributed by atoms with Crippen molar-refractivity contribution in [2.45, 2.75) is 6.92 Å². The van der Waals surface area contributed by atoms with E-state index in [0.29, 0.717) is 17.4 Å². The second-order valence-electron chi connectivity index (χ2n) is 3.79. The van der Waals surface area contributed by atoms with Gasteiger partial charge in [0, 0.05) is 11.2 Å². The average molecular weight is 294 g/mol. The third-order valence-corrected chi connectivity index (χ3v) is 2.65. The molecule has 0 amide bonds. The summed E-state index contributed by atoms with van der Waals surface area (Å²) in [5.41, 5.74) is -0.0365. The molecule has 1 N–H and O–H groups in total. The van der Waals surface area contributed by atoms with Gasteiger partial charge in [-0.25, -0.2) is 9.78 Å². The highest BCUT2D eigenvalue weighted by atomic mass is 35.5. The Morgan fingerprint density at radius 3 is 2.85 bits per heavy atom. The molecule has 0 radical (unpaired) electrons. The number of rotatable bonds is 5. The van der Waals surface area contributed by atoms with E-state index >= 15 is 0 Å². The second-order valence-corrected chi connectivity index (χ2v) is 4.22. The van der Waals surface area contributed by atoms with Crippen LogP contribution in [0.15, 0.2) is 36.5 Å². The third-order valence-electron chi connectivity index (χ3n) is 2.41. The monoisotopic (exact) mass is 293 g/mol. The highest BCUT2D eigenvalue weighted by molar-refractivity contribution is 6.31. The van der Waals surface area contributed by atoms with Gasteiger partial charge in [0.1, 0.15) is 11.3 Å². The van der Waals surface area contributed by atoms with Crippen molar-refractivity contribution in [1.29, 1.82) is 0 Å². The highest BCUT2D eigenvalue weighted by Crippen LogP contribution is 2.32. The smallest absolute Gasteiger partial charge is 0.339 e. The number of carbonyl (C=O) groups is 1. The zero-order valence-electron chi connectivity index (χ0n) is 10.7. The molecule has 0 spiro atoms. The number of carboxylic acid groups (broad SMARTS) is 1. The number of pyridine rings is 1. The molecule has 0 fully saturated rings. The first-order valence-electron chi connectivity index (χ1n) is 5.90. The Hall–Kier alpha value is -2.27. The molecule has 104 valence electrons. The zero-order chi connectivity index (χ0) is 14.5. The van der Waals surface area contributed by atoms with Crippen molar-refractivity contribution in [3.8, 4) is 17.4 Å². The van der Waals surface area contributed by atoms with Gasteiger partial charge < -0.3 is 14.6 Å². The molecule has 1 heterocycles. The second kappa shape index (κ2) is 6.25. The van der Waals surface area contributed by atoms with E-state index in [1.54, 1.807) is 18.2 Å². The van der Waals surface area contributed by atoms with Crippen molar-refractivity contribution < 1.29 is 19.4 Å². The lowest BCUT2D eigenvalue weighted by Gasteiger charge is -2.11. The molecule has 1 aromatic carbocycles. The Morgan fingerprint density at radius 1 is 1.35 bits per heavy atom. The summed E-state index contributed by atoms with van der Waals surface area (Å²) >= 11 is 5.79. The van der Waals surface area contributed by atoms with E-state index in [0.717, 1.165) is 0 Å². The predicted octanol–water partition coefficient (Wildman–Crippen LogP) is 3.62. The van der Waals surface area contributed by atoms with Gasteiger partial charge in [-0.05, 0) is 37.3 Å². The predicted molar refractivity (Wildman–Crippen MR) is 73.9 cm³/mol. The first-order valence-corrected chi connectivity index (χ1v) is 6.28. The standard InChI is InChI=1S/C14H12ClNO4/c1-2-19-12-4-3-7-16-13(12)20-11-6-5-9(15)8-10(11)14(17)18/h3-8H,2H2,1H3,(H,17,18). The summed E-state index contributed by atoms with van der Waals surface area (Å²) in [5.74, 6) is -0.321. The number of hydrogen-bond acceptors (Lipinski definition) is 4. The molecule has 20 heavy (non-hydrogen) atoms. The molecule has 0 aliphatic heterocycles. The zero-order valence-corrected chi connectivity index (χ0v) is 11.4. The van der Waals surface area contributed by atoms with E-state index in [-0.39, 0.29) is 17.2 Å². The summed E-state index contributed by atoms with van der Waals surface area (Å²) in [6.45, 7) is 2.29. The number of nitrogens with zero attached hydrogens (tertiary/aromatic N) is 1. The average Bonchev–Trinajstić information content (AvgIpc) is 2.43. The summed E-state index contributed by atoms with van der Waals surface area (Å²) in [6, 6.07) is 7.76. The molecular weight excluding hydrogens is 282 g/mol. The fourth-order valence-corrected chi connectivity index (χ4v) is 1.75. The molecule has 0 saturated heterocycles. The molecule has 0 atom stereocenters. The fraction of sp³-hybridized carbons (Fsp3) is 0.143. The SMILES string of the molecule is CCOc1cccnc1Oc1ccc(Cl)cc1C(=O)O. The van der Waals surface area contributed by atoms with Crippen molar-refractivity contribution in [1.82, 2.24) is 4.98 Å².